The minimum atomic E-state index is -4.50. The lowest BCUT2D eigenvalue weighted by Gasteiger charge is -2.14. The fraction of sp³-hybridized carbons (Fsp3) is 0.231. The molecule has 8 heteroatoms. The van der Waals surface area contributed by atoms with E-state index in [2.05, 4.69) is 31.2 Å². The summed E-state index contributed by atoms with van der Waals surface area (Å²) in [5.41, 5.74) is -0.861. The Hall–Kier alpha value is -1.83. The number of hydrogen-bond acceptors (Lipinski definition) is 4. The van der Waals surface area contributed by atoms with Crippen LogP contribution < -0.4 is 10.1 Å². The van der Waals surface area contributed by atoms with Gasteiger partial charge in [0.1, 0.15) is 22.4 Å². The molecule has 1 N–H and O–H groups in total. The third kappa shape index (κ3) is 3.63. The lowest BCUT2D eigenvalue weighted by Crippen LogP contribution is -2.08. The van der Waals surface area contributed by atoms with Crippen LogP contribution in [0, 0.1) is 0 Å². The summed E-state index contributed by atoms with van der Waals surface area (Å²) >= 11 is 3.22. The first-order chi connectivity index (χ1) is 9.93. The Bertz CT molecular complexity index is 634. The van der Waals surface area contributed by atoms with Crippen LogP contribution >= 0.6 is 15.9 Å². The van der Waals surface area contributed by atoms with E-state index in [4.69, 9.17) is 4.74 Å². The van der Waals surface area contributed by atoms with Gasteiger partial charge in [-0.05, 0) is 35.0 Å². The molecule has 2 aromatic rings. The van der Waals surface area contributed by atoms with E-state index >= 15 is 0 Å². The van der Waals surface area contributed by atoms with E-state index in [1.807, 2.05) is 6.92 Å². The number of nitrogens with zero attached hydrogens (tertiary/aromatic N) is 2. The molecule has 0 saturated heterocycles. The van der Waals surface area contributed by atoms with Gasteiger partial charge in [-0.1, -0.05) is 12.1 Å². The summed E-state index contributed by atoms with van der Waals surface area (Å²) in [6, 6.07) is 4.96. The van der Waals surface area contributed by atoms with Gasteiger partial charge in [-0.3, -0.25) is 0 Å². The van der Waals surface area contributed by atoms with Gasteiger partial charge in [-0.15, -0.1) is 0 Å². The molecule has 0 aliphatic heterocycles. The highest BCUT2D eigenvalue weighted by atomic mass is 79.9. The lowest BCUT2D eigenvalue weighted by atomic mass is 10.2. The molecule has 112 valence electrons. The number of nitrogens with one attached hydrogen (secondary N) is 1. The average Bonchev–Trinajstić information content (AvgIpc) is 2.43. The first kappa shape index (κ1) is 15.6. The van der Waals surface area contributed by atoms with Gasteiger partial charge in [0.2, 0.25) is 5.88 Å². The Balaban J connectivity index is 2.38. The van der Waals surface area contributed by atoms with Gasteiger partial charge in [0.05, 0.1) is 5.56 Å². The molecule has 0 aliphatic rings. The third-order valence-electron chi connectivity index (χ3n) is 2.50. The zero-order valence-electron chi connectivity index (χ0n) is 10.9. The van der Waals surface area contributed by atoms with Crippen LogP contribution in [0.2, 0.25) is 0 Å². The molecule has 1 aromatic carbocycles. The highest BCUT2D eigenvalue weighted by molar-refractivity contribution is 9.10. The molecular formula is C13H11BrF3N3O. The summed E-state index contributed by atoms with van der Waals surface area (Å²) in [7, 11) is 0. The maximum Gasteiger partial charge on any atom is 0.419 e. The monoisotopic (exact) mass is 361 g/mol. The van der Waals surface area contributed by atoms with Crippen LogP contribution in [0.1, 0.15) is 12.5 Å². The molecule has 0 bridgehead atoms. The number of alkyl halides is 3. The molecule has 0 spiro atoms. The number of ether oxygens (including phenoxy) is 1. The standard InChI is InChI=1S/C13H11BrF3N3O/c1-2-18-11-10(14)12(20-7-19-11)21-9-6-4-3-5-8(9)13(15,16)17/h3-7H,2H2,1H3,(H,18,19,20). The highest BCUT2D eigenvalue weighted by Crippen LogP contribution is 2.39. The summed E-state index contributed by atoms with van der Waals surface area (Å²) in [6.07, 6.45) is -3.28. The third-order valence-corrected chi connectivity index (χ3v) is 3.22. The molecule has 0 fully saturated rings. The predicted octanol–water partition coefficient (Wildman–Crippen LogP) is 4.48. The SMILES string of the molecule is CCNc1ncnc(Oc2ccccc2C(F)(F)F)c1Br. The Labute approximate surface area is 127 Å². The summed E-state index contributed by atoms with van der Waals surface area (Å²) in [4.78, 5) is 7.82. The van der Waals surface area contributed by atoms with Crippen LogP contribution in [0.25, 0.3) is 0 Å². The van der Waals surface area contributed by atoms with E-state index in [0.29, 0.717) is 16.8 Å². The fourth-order valence-electron chi connectivity index (χ4n) is 1.61. The molecule has 21 heavy (non-hydrogen) atoms. The number of anilines is 1. The number of halogens is 4. The van der Waals surface area contributed by atoms with Crippen LogP contribution in [-0.2, 0) is 6.18 Å². The Morgan fingerprint density at radius 3 is 2.62 bits per heavy atom. The molecule has 0 saturated carbocycles. The molecule has 0 unspecified atom stereocenters. The quantitative estimate of drug-likeness (QED) is 0.871. The van der Waals surface area contributed by atoms with Crippen LogP contribution in [-0.4, -0.2) is 16.5 Å². The summed E-state index contributed by atoms with van der Waals surface area (Å²) in [6.45, 7) is 2.47. The van der Waals surface area contributed by atoms with Crippen LogP contribution in [0.3, 0.4) is 0 Å². The van der Waals surface area contributed by atoms with E-state index in [9.17, 15) is 13.2 Å². The van der Waals surface area contributed by atoms with Crippen molar-refractivity contribution in [2.75, 3.05) is 11.9 Å². The van der Waals surface area contributed by atoms with E-state index in [-0.39, 0.29) is 11.6 Å². The number of para-hydroxylation sites is 1. The van der Waals surface area contributed by atoms with Crippen molar-refractivity contribution in [1.82, 2.24) is 9.97 Å². The number of benzene rings is 1. The van der Waals surface area contributed by atoms with Crippen LogP contribution in [0.15, 0.2) is 35.1 Å². The molecule has 4 nitrogen and oxygen atoms in total. The second kappa shape index (κ2) is 6.30. The van der Waals surface area contributed by atoms with Crippen molar-refractivity contribution in [2.24, 2.45) is 0 Å². The van der Waals surface area contributed by atoms with Crippen LogP contribution in [0.5, 0.6) is 11.6 Å². The van der Waals surface area contributed by atoms with Crippen molar-refractivity contribution in [2.45, 2.75) is 13.1 Å². The van der Waals surface area contributed by atoms with Gasteiger partial charge >= 0.3 is 6.18 Å². The van der Waals surface area contributed by atoms with Crippen molar-refractivity contribution in [3.8, 4) is 11.6 Å². The summed E-state index contributed by atoms with van der Waals surface area (Å²) in [5, 5.41) is 2.95. The molecule has 0 radical (unpaired) electrons. The van der Waals surface area contributed by atoms with Crippen LogP contribution in [0.4, 0.5) is 19.0 Å². The first-order valence-corrected chi connectivity index (χ1v) is 6.81. The lowest BCUT2D eigenvalue weighted by molar-refractivity contribution is -0.138. The van der Waals surface area contributed by atoms with E-state index in [1.165, 1.54) is 24.5 Å². The highest BCUT2D eigenvalue weighted by Gasteiger charge is 2.34. The van der Waals surface area contributed by atoms with Crippen molar-refractivity contribution in [3.05, 3.63) is 40.6 Å². The number of hydrogen-bond donors (Lipinski definition) is 1. The molecule has 2 rings (SSSR count). The van der Waals surface area contributed by atoms with Crippen molar-refractivity contribution < 1.29 is 17.9 Å². The van der Waals surface area contributed by atoms with Crippen molar-refractivity contribution in [1.29, 1.82) is 0 Å². The Morgan fingerprint density at radius 2 is 1.95 bits per heavy atom. The molecule has 0 aliphatic carbocycles. The van der Waals surface area contributed by atoms with Gasteiger partial charge in [0.25, 0.3) is 0 Å². The first-order valence-electron chi connectivity index (χ1n) is 6.02. The number of aromatic nitrogens is 2. The van der Waals surface area contributed by atoms with Crippen molar-refractivity contribution in [3.63, 3.8) is 0 Å². The zero-order chi connectivity index (χ0) is 15.5. The van der Waals surface area contributed by atoms with E-state index in [1.54, 1.807) is 0 Å². The predicted molar refractivity (Wildman–Crippen MR) is 75.4 cm³/mol. The molecule has 1 heterocycles. The summed E-state index contributed by atoms with van der Waals surface area (Å²) in [5.74, 6) is 0.150. The van der Waals surface area contributed by atoms with E-state index < -0.39 is 11.7 Å². The van der Waals surface area contributed by atoms with Crippen molar-refractivity contribution >= 4 is 21.7 Å². The fourth-order valence-corrected chi connectivity index (χ4v) is 2.04. The molecule has 0 amide bonds. The Kier molecular flexibility index (Phi) is 4.66. The second-order valence-corrected chi connectivity index (χ2v) is 4.76. The van der Waals surface area contributed by atoms with Gasteiger partial charge in [0.15, 0.2) is 0 Å². The minimum Gasteiger partial charge on any atom is -0.437 e. The van der Waals surface area contributed by atoms with E-state index in [0.717, 1.165) is 6.07 Å². The van der Waals surface area contributed by atoms with Gasteiger partial charge in [-0.25, -0.2) is 9.97 Å². The normalized spacial score (nSPS) is 11.3. The maximum atomic E-state index is 12.9. The smallest absolute Gasteiger partial charge is 0.419 e. The maximum absolute atomic E-state index is 12.9. The van der Waals surface area contributed by atoms with Gasteiger partial charge in [-0.2, -0.15) is 13.2 Å². The molecule has 0 atom stereocenters. The number of rotatable bonds is 4. The largest absolute Gasteiger partial charge is 0.437 e. The Morgan fingerprint density at radius 1 is 1.24 bits per heavy atom. The van der Waals surface area contributed by atoms with Gasteiger partial charge < -0.3 is 10.1 Å². The average molecular weight is 362 g/mol. The minimum absolute atomic E-state index is 0.0117. The zero-order valence-corrected chi connectivity index (χ0v) is 12.5. The van der Waals surface area contributed by atoms with Gasteiger partial charge in [0, 0.05) is 6.54 Å². The summed E-state index contributed by atoms with van der Waals surface area (Å²) < 4.78 is 44.4. The molecule has 1 aromatic heterocycles. The topological polar surface area (TPSA) is 47.0 Å². The second-order valence-electron chi connectivity index (χ2n) is 3.97. The molecular weight excluding hydrogens is 351 g/mol.